The van der Waals surface area contributed by atoms with Gasteiger partial charge in [-0.05, 0) is 17.9 Å². The van der Waals surface area contributed by atoms with Crippen LogP contribution in [0.1, 0.15) is 30.0 Å². The molecule has 1 fully saturated rings. The molecular weight excluding hydrogens is 270 g/mol. The highest BCUT2D eigenvalue weighted by Crippen LogP contribution is 2.43. The van der Waals surface area contributed by atoms with Crippen molar-refractivity contribution in [3.8, 4) is 0 Å². The third-order valence-electron chi connectivity index (χ3n) is 2.82. The van der Waals surface area contributed by atoms with Crippen LogP contribution >= 0.6 is 23.1 Å². The molecule has 4 nitrogen and oxygen atoms in total. The molecule has 1 saturated heterocycles. The summed E-state index contributed by atoms with van der Waals surface area (Å²) < 4.78 is 0. The van der Waals surface area contributed by atoms with E-state index in [0.29, 0.717) is 12.2 Å². The molecule has 2 heterocycles. The number of amides is 1. The lowest BCUT2D eigenvalue weighted by Gasteiger charge is -2.26. The number of carbonyl (C=O) groups excluding carboxylic acids is 1. The number of hydrogen-bond donors (Lipinski definition) is 1. The number of carboxylic acids is 1. The molecule has 0 bridgehead atoms. The Labute approximate surface area is 114 Å². The summed E-state index contributed by atoms with van der Waals surface area (Å²) in [6.07, 6.45) is 1.15. The maximum Gasteiger partial charge on any atom is 0.327 e. The molecule has 1 aromatic rings. The smallest absolute Gasteiger partial charge is 0.327 e. The van der Waals surface area contributed by atoms with Crippen LogP contribution in [0.4, 0.5) is 0 Å². The number of rotatable bonds is 4. The fourth-order valence-corrected chi connectivity index (χ4v) is 4.40. The van der Waals surface area contributed by atoms with Crippen LogP contribution in [0.5, 0.6) is 0 Å². The number of thioether (sulfide) groups is 1. The van der Waals surface area contributed by atoms with E-state index in [2.05, 4.69) is 0 Å². The quantitative estimate of drug-likeness (QED) is 0.923. The summed E-state index contributed by atoms with van der Waals surface area (Å²) in [5.74, 6) is -0.507. The third kappa shape index (κ3) is 2.54. The van der Waals surface area contributed by atoms with Gasteiger partial charge in [0.25, 0.3) is 0 Å². The van der Waals surface area contributed by atoms with E-state index in [9.17, 15) is 14.7 Å². The molecule has 0 saturated carbocycles. The Balaban J connectivity index is 2.25. The lowest BCUT2D eigenvalue weighted by atomic mass is 10.2. The van der Waals surface area contributed by atoms with E-state index in [0.717, 1.165) is 11.3 Å². The summed E-state index contributed by atoms with van der Waals surface area (Å²) in [5.41, 5.74) is 0. The molecule has 1 aromatic heterocycles. The highest BCUT2D eigenvalue weighted by atomic mass is 32.2. The van der Waals surface area contributed by atoms with E-state index in [-0.39, 0.29) is 11.3 Å². The van der Waals surface area contributed by atoms with Gasteiger partial charge < -0.3 is 10.0 Å². The number of aliphatic carboxylic acids is 1. The van der Waals surface area contributed by atoms with Gasteiger partial charge in [0.1, 0.15) is 11.4 Å². The minimum absolute atomic E-state index is 0.0618. The normalized spacial score (nSPS) is 23.3. The van der Waals surface area contributed by atoms with Gasteiger partial charge in [-0.1, -0.05) is 13.0 Å². The Morgan fingerprint density at radius 2 is 2.33 bits per heavy atom. The van der Waals surface area contributed by atoms with Gasteiger partial charge in [-0.15, -0.1) is 23.1 Å². The molecule has 0 aromatic carbocycles. The first-order valence-corrected chi connectivity index (χ1v) is 7.77. The lowest BCUT2D eigenvalue weighted by molar-refractivity contribution is -0.149. The van der Waals surface area contributed by atoms with Gasteiger partial charge in [0.05, 0.1) is 0 Å². The van der Waals surface area contributed by atoms with Crippen LogP contribution in [-0.2, 0) is 9.59 Å². The summed E-state index contributed by atoms with van der Waals surface area (Å²) in [5, 5.41) is 11.0. The molecule has 1 aliphatic rings. The van der Waals surface area contributed by atoms with Gasteiger partial charge in [0, 0.05) is 17.1 Å². The van der Waals surface area contributed by atoms with Crippen molar-refractivity contribution < 1.29 is 14.7 Å². The standard InChI is InChI=1S/C12H15NO3S2/c1-2-4-10(14)13-8(12(15)16)7-18-11(13)9-5-3-6-17-9/h3,5-6,8,11H,2,4,7H2,1H3,(H,15,16). The van der Waals surface area contributed by atoms with Crippen LogP contribution in [-0.4, -0.2) is 33.7 Å². The van der Waals surface area contributed by atoms with Crippen molar-refractivity contribution in [1.82, 2.24) is 4.90 Å². The molecule has 6 heteroatoms. The second-order valence-electron chi connectivity index (χ2n) is 4.11. The summed E-state index contributed by atoms with van der Waals surface area (Å²) in [6.45, 7) is 1.93. The largest absolute Gasteiger partial charge is 0.480 e. The van der Waals surface area contributed by atoms with Gasteiger partial charge >= 0.3 is 5.97 Å². The Bertz CT molecular complexity index is 433. The molecular formula is C12H15NO3S2. The Kier molecular flexibility index (Phi) is 4.29. The van der Waals surface area contributed by atoms with Gasteiger partial charge in [0.2, 0.25) is 5.91 Å². The van der Waals surface area contributed by atoms with E-state index in [1.165, 1.54) is 11.8 Å². The van der Waals surface area contributed by atoms with Gasteiger partial charge in [-0.3, -0.25) is 4.79 Å². The van der Waals surface area contributed by atoms with Crippen molar-refractivity contribution in [2.24, 2.45) is 0 Å². The van der Waals surface area contributed by atoms with E-state index in [1.54, 1.807) is 16.2 Å². The highest BCUT2D eigenvalue weighted by molar-refractivity contribution is 7.99. The Morgan fingerprint density at radius 3 is 2.89 bits per heavy atom. The molecule has 1 aliphatic heterocycles. The van der Waals surface area contributed by atoms with Crippen molar-refractivity contribution in [3.05, 3.63) is 22.4 Å². The van der Waals surface area contributed by atoms with E-state index in [4.69, 9.17) is 0 Å². The van der Waals surface area contributed by atoms with Crippen molar-refractivity contribution in [1.29, 1.82) is 0 Å². The fraction of sp³-hybridized carbons (Fsp3) is 0.500. The van der Waals surface area contributed by atoms with Gasteiger partial charge in [-0.2, -0.15) is 0 Å². The number of nitrogens with zero attached hydrogens (tertiary/aromatic N) is 1. The SMILES string of the molecule is CCCC(=O)N1C(C(=O)O)CSC1c1cccs1. The van der Waals surface area contributed by atoms with Crippen LogP contribution in [0.15, 0.2) is 17.5 Å². The number of thiophene rings is 1. The molecule has 1 amide bonds. The second-order valence-corrected chi connectivity index (χ2v) is 6.20. The van der Waals surface area contributed by atoms with Crippen LogP contribution < -0.4 is 0 Å². The Hall–Kier alpha value is -1.01. The van der Waals surface area contributed by atoms with Crippen molar-refractivity contribution >= 4 is 35.0 Å². The monoisotopic (exact) mass is 285 g/mol. The molecule has 98 valence electrons. The molecule has 2 rings (SSSR count). The first kappa shape index (κ1) is 13.4. The van der Waals surface area contributed by atoms with E-state index in [1.807, 2.05) is 24.4 Å². The van der Waals surface area contributed by atoms with Crippen molar-refractivity contribution in [2.45, 2.75) is 31.2 Å². The van der Waals surface area contributed by atoms with Gasteiger partial charge in [0.15, 0.2) is 0 Å². The first-order valence-electron chi connectivity index (χ1n) is 5.84. The zero-order chi connectivity index (χ0) is 13.1. The van der Waals surface area contributed by atoms with Crippen LogP contribution in [0.3, 0.4) is 0 Å². The van der Waals surface area contributed by atoms with E-state index >= 15 is 0 Å². The fourth-order valence-electron chi connectivity index (χ4n) is 2.00. The van der Waals surface area contributed by atoms with Crippen LogP contribution in [0, 0.1) is 0 Å². The van der Waals surface area contributed by atoms with Gasteiger partial charge in [-0.25, -0.2) is 4.79 Å². The molecule has 0 radical (unpaired) electrons. The average molecular weight is 285 g/mol. The first-order chi connectivity index (χ1) is 8.65. The summed E-state index contributed by atoms with van der Waals surface area (Å²) in [7, 11) is 0. The predicted molar refractivity (Wildman–Crippen MR) is 72.7 cm³/mol. The number of hydrogen-bond acceptors (Lipinski definition) is 4. The van der Waals surface area contributed by atoms with Crippen LogP contribution in [0.25, 0.3) is 0 Å². The maximum absolute atomic E-state index is 12.1. The minimum atomic E-state index is -0.911. The molecule has 2 unspecified atom stereocenters. The van der Waals surface area contributed by atoms with E-state index < -0.39 is 12.0 Å². The second kappa shape index (κ2) is 5.75. The molecule has 18 heavy (non-hydrogen) atoms. The van der Waals surface area contributed by atoms with Crippen molar-refractivity contribution in [2.75, 3.05) is 5.75 Å². The Morgan fingerprint density at radius 1 is 1.56 bits per heavy atom. The highest BCUT2D eigenvalue weighted by Gasteiger charge is 2.42. The van der Waals surface area contributed by atoms with Crippen LogP contribution in [0.2, 0.25) is 0 Å². The maximum atomic E-state index is 12.1. The predicted octanol–water partition coefficient (Wildman–Crippen LogP) is 2.58. The number of carbonyl (C=O) groups is 2. The van der Waals surface area contributed by atoms with Crippen molar-refractivity contribution in [3.63, 3.8) is 0 Å². The molecule has 2 atom stereocenters. The zero-order valence-electron chi connectivity index (χ0n) is 10.0. The molecule has 0 spiro atoms. The minimum Gasteiger partial charge on any atom is -0.480 e. The summed E-state index contributed by atoms with van der Waals surface area (Å²) >= 11 is 3.10. The topological polar surface area (TPSA) is 57.6 Å². The average Bonchev–Trinajstić information content (AvgIpc) is 2.97. The summed E-state index contributed by atoms with van der Waals surface area (Å²) in [6, 6.07) is 3.19. The molecule has 1 N–H and O–H groups in total. The number of carboxylic acid groups (broad SMARTS) is 1. The summed E-state index contributed by atoms with van der Waals surface area (Å²) in [4.78, 5) is 25.9. The third-order valence-corrected chi connectivity index (χ3v) is 5.20. The zero-order valence-corrected chi connectivity index (χ0v) is 11.7. The lowest BCUT2D eigenvalue weighted by Crippen LogP contribution is -2.42. The molecule has 0 aliphatic carbocycles.